The van der Waals surface area contributed by atoms with Gasteiger partial charge in [-0.25, -0.2) is 0 Å². The molecule has 7 heavy (non-hydrogen) atoms. The zero-order chi connectivity index (χ0) is 5.86. The van der Waals surface area contributed by atoms with Crippen LogP contribution in [0.4, 0.5) is 0 Å². The quantitative estimate of drug-likeness (QED) is 0.506. The minimum Gasteiger partial charge on any atom is -0.379 e. The third-order valence-corrected chi connectivity index (χ3v) is 1.13. The molecule has 0 aliphatic heterocycles. The van der Waals surface area contributed by atoms with E-state index >= 15 is 0 Å². The van der Waals surface area contributed by atoms with Crippen LogP contribution < -0.4 is 0 Å². The summed E-state index contributed by atoms with van der Waals surface area (Å²) in [5.74, 6) is 0. The Morgan fingerprint density at radius 1 is 1.71 bits per heavy atom. The molecule has 0 spiro atoms. The van der Waals surface area contributed by atoms with Crippen molar-refractivity contribution in [2.24, 2.45) is 0 Å². The third kappa shape index (κ3) is 2.26. The molecule has 0 aliphatic carbocycles. The normalized spacial score (nSPS) is 8.43. The van der Waals surface area contributed by atoms with Crippen molar-refractivity contribution in [2.75, 3.05) is 13.6 Å². The van der Waals surface area contributed by atoms with Crippen molar-refractivity contribution in [3.63, 3.8) is 0 Å². The van der Waals surface area contributed by atoms with Crippen LogP contribution in [0.2, 0.25) is 0 Å². The first-order valence-electron chi connectivity index (χ1n) is 2.55. The molecule has 0 aromatic heterocycles. The van der Waals surface area contributed by atoms with Gasteiger partial charge < -0.3 is 4.90 Å². The van der Waals surface area contributed by atoms with Gasteiger partial charge in [0.2, 0.25) is 0 Å². The van der Waals surface area contributed by atoms with Gasteiger partial charge in [0.15, 0.2) is 0 Å². The standard InChI is InChI=1S/C6H13N/c1-5-7(4)6(2)3/h2,5H2,1,3-4H3. The number of hydrogen-bond acceptors (Lipinski definition) is 1. The summed E-state index contributed by atoms with van der Waals surface area (Å²) in [4.78, 5) is 2.10. The fourth-order valence-corrected chi connectivity index (χ4v) is 0.270. The molecule has 0 heterocycles. The van der Waals surface area contributed by atoms with Gasteiger partial charge in [-0.3, -0.25) is 0 Å². The number of hydrogen-bond donors (Lipinski definition) is 0. The average Bonchev–Trinajstić information content (AvgIpc) is 1.65. The molecule has 0 atom stereocenters. The highest BCUT2D eigenvalue weighted by Crippen LogP contribution is 1.91. The van der Waals surface area contributed by atoms with Crippen molar-refractivity contribution in [1.82, 2.24) is 4.90 Å². The summed E-state index contributed by atoms with van der Waals surface area (Å²) in [6, 6.07) is 0. The van der Waals surface area contributed by atoms with Gasteiger partial charge in [0.25, 0.3) is 0 Å². The molecule has 0 aromatic carbocycles. The SMILES string of the molecule is C=C(C)N(C)CC. The van der Waals surface area contributed by atoms with Crippen LogP contribution in [-0.4, -0.2) is 18.5 Å². The predicted octanol–water partition coefficient (Wildman–Crippen LogP) is 1.47. The molecule has 0 aromatic rings. The highest BCUT2D eigenvalue weighted by Gasteiger charge is 1.86. The predicted molar refractivity (Wildman–Crippen MR) is 33.1 cm³/mol. The zero-order valence-electron chi connectivity index (χ0n) is 5.36. The Labute approximate surface area is 45.6 Å². The second kappa shape index (κ2) is 2.67. The van der Waals surface area contributed by atoms with Crippen LogP contribution in [0.25, 0.3) is 0 Å². The van der Waals surface area contributed by atoms with E-state index in [0.717, 1.165) is 12.2 Å². The molecule has 0 N–H and O–H groups in total. The first kappa shape index (κ1) is 6.54. The van der Waals surface area contributed by atoms with Gasteiger partial charge in [-0.05, 0) is 13.8 Å². The van der Waals surface area contributed by atoms with Crippen molar-refractivity contribution in [3.8, 4) is 0 Å². The van der Waals surface area contributed by atoms with E-state index in [1.54, 1.807) is 0 Å². The second-order valence-electron chi connectivity index (χ2n) is 1.75. The highest BCUT2D eigenvalue weighted by atomic mass is 15.1. The molecule has 0 saturated carbocycles. The molecule has 0 saturated heterocycles. The monoisotopic (exact) mass is 99.1 g/mol. The summed E-state index contributed by atoms with van der Waals surface area (Å²) < 4.78 is 0. The summed E-state index contributed by atoms with van der Waals surface area (Å²) in [7, 11) is 2.03. The van der Waals surface area contributed by atoms with Crippen molar-refractivity contribution >= 4 is 0 Å². The van der Waals surface area contributed by atoms with Crippen LogP contribution in [0.3, 0.4) is 0 Å². The highest BCUT2D eigenvalue weighted by molar-refractivity contribution is 4.84. The maximum Gasteiger partial charge on any atom is 0.0143 e. The minimum absolute atomic E-state index is 1.05. The van der Waals surface area contributed by atoms with Crippen LogP contribution in [-0.2, 0) is 0 Å². The van der Waals surface area contributed by atoms with Crippen molar-refractivity contribution in [2.45, 2.75) is 13.8 Å². The lowest BCUT2D eigenvalue weighted by Crippen LogP contribution is -2.13. The van der Waals surface area contributed by atoms with Gasteiger partial charge in [0.05, 0.1) is 0 Å². The fraction of sp³-hybridized carbons (Fsp3) is 0.667. The Balaban J connectivity index is 3.34. The van der Waals surface area contributed by atoms with Gasteiger partial charge in [0, 0.05) is 19.3 Å². The maximum atomic E-state index is 3.75. The molecular weight excluding hydrogens is 86.1 g/mol. The number of allylic oxidation sites excluding steroid dienone is 1. The number of nitrogens with zero attached hydrogens (tertiary/aromatic N) is 1. The van der Waals surface area contributed by atoms with Gasteiger partial charge >= 0.3 is 0 Å². The molecule has 0 bridgehead atoms. The van der Waals surface area contributed by atoms with Crippen LogP contribution in [0.5, 0.6) is 0 Å². The molecule has 0 rings (SSSR count). The van der Waals surface area contributed by atoms with Crippen LogP contribution >= 0.6 is 0 Å². The van der Waals surface area contributed by atoms with E-state index in [1.165, 1.54) is 0 Å². The lowest BCUT2D eigenvalue weighted by molar-refractivity contribution is 0.445. The molecule has 0 aliphatic rings. The van der Waals surface area contributed by atoms with E-state index in [1.807, 2.05) is 14.0 Å². The maximum absolute atomic E-state index is 3.75. The summed E-state index contributed by atoms with van der Waals surface area (Å²) in [5, 5.41) is 0. The Kier molecular flexibility index (Phi) is 2.49. The fourth-order valence-electron chi connectivity index (χ4n) is 0.270. The summed E-state index contributed by atoms with van der Waals surface area (Å²) in [5.41, 5.74) is 1.13. The van der Waals surface area contributed by atoms with Crippen LogP contribution in [0.15, 0.2) is 12.3 Å². The molecule has 1 heteroatoms. The summed E-state index contributed by atoms with van der Waals surface area (Å²) >= 11 is 0. The van der Waals surface area contributed by atoms with Gasteiger partial charge in [-0.2, -0.15) is 0 Å². The third-order valence-electron chi connectivity index (χ3n) is 1.13. The topological polar surface area (TPSA) is 3.24 Å². The Bertz CT molecular complexity index is 66.6. The van der Waals surface area contributed by atoms with E-state index in [9.17, 15) is 0 Å². The lowest BCUT2D eigenvalue weighted by atomic mass is 10.5. The molecule has 0 fully saturated rings. The van der Waals surface area contributed by atoms with Gasteiger partial charge in [-0.15, -0.1) is 0 Å². The minimum atomic E-state index is 1.05. The molecular formula is C6H13N. The summed E-state index contributed by atoms with van der Waals surface area (Å²) in [6.45, 7) is 8.91. The molecule has 0 radical (unpaired) electrons. The van der Waals surface area contributed by atoms with Gasteiger partial charge in [-0.1, -0.05) is 6.58 Å². The van der Waals surface area contributed by atoms with Crippen molar-refractivity contribution < 1.29 is 0 Å². The largest absolute Gasteiger partial charge is 0.379 e. The lowest BCUT2D eigenvalue weighted by Gasteiger charge is -2.14. The Morgan fingerprint density at radius 2 is 2.14 bits per heavy atom. The zero-order valence-corrected chi connectivity index (χ0v) is 5.36. The molecule has 42 valence electrons. The Hall–Kier alpha value is -0.460. The van der Waals surface area contributed by atoms with Gasteiger partial charge in [0.1, 0.15) is 0 Å². The molecule has 1 nitrogen and oxygen atoms in total. The Morgan fingerprint density at radius 3 is 2.14 bits per heavy atom. The van der Waals surface area contributed by atoms with Crippen LogP contribution in [0.1, 0.15) is 13.8 Å². The smallest absolute Gasteiger partial charge is 0.0143 e. The van der Waals surface area contributed by atoms with E-state index in [2.05, 4.69) is 18.4 Å². The van der Waals surface area contributed by atoms with Crippen LogP contribution in [0, 0.1) is 0 Å². The number of rotatable bonds is 2. The average molecular weight is 99.2 g/mol. The van der Waals surface area contributed by atoms with Crippen molar-refractivity contribution in [1.29, 1.82) is 0 Å². The molecule has 0 amide bonds. The van der Waals surface area contributed by atoms with Crippen molar-refractivity contribution in [3.05, 3.63) is 12.3 Å². The first-order valence-corrected chi connectivity index (χ1v) is 2.55. The summed E-state index contributed by atoms with van der Waals surface area (Å²) in [6.07, 6.45) is 0. The second-order valence-corrected chi connectivity index (χ2v) is 1.75. The first-order chi connectivity index (χ1) is 3.18. The van der Waals surface area contributed by atoms with E-state index in [0.29, 0.717) is 0 Å². The van der Waals surface area contributed by atoms with E-state index < -0.39 is 0 Å². The van der Waals surface area contributed by atoms with E-state index in [4.69, 9.17) is 0 Å². The molecule has 0 unspecified atom stereocenters. The van der Waals surface area contributed by atoms with E-state index in [-0.39, 0.29) is 0 Å².